The summed E-state index contributed by atoms with van der Waals surface area (Å²) in [4.78, 5) is 12.5. The average molecular weight is 423 g/mol. The summed E-state index contributed by atoms with van der Waals surface area (Å²) in [6, 6.07) is 14.1. The third-order valence-corrected chi connectivity index (χ3v) is 5.28. The molecule has 0 unspecified atom stereocenters. The number of halogens is 3. The molecular weight excluding hydrogens is 409 g/mol. The molecule has 1 aliphatic rings. The van der Waals surface area contributed by atoms with Gasteiger partial charge in [0, 0.05) is 10.7 Å². The number of rotatable bonds is 3. The molecule has 27 heavy (non-hydrogen) atoms. The summed E-state index contributed by atoms with van der Waals surface area (Å²) < 4.78 is 7.70. The minimum Gasteiger partial charge on any atom is -0.365 e. The van der Waals surface area contributed by atoms with Gasteiger partial charge in [0.05, 0.1) is 28.9 Å². The highest BCUT2D eigenvalue weighted by Crippen LogP contribution is 2.28. The molecule has 1 N–H and O–H groups in total. The monoisotopic (exact) mass is 421 g/mol. The normalized spacial score (nSPS) is 16.0. The number of amides is 1. The Bertz CT molecular complexity index is 1000. The third kappa shape index (κ3) is 3.96. The number of hydrogen-bond acceptors (Lipinski definition) is 3. The fourth-order valence-corrected chi connectivity index (χ4v) is 3.31. The number of nitrogens with zero attached hydrogens (tertiary/aromatic N) is 2. The van der Waals surface area contributed by atoms with Gasteiger partial charge in [-0.1, -0.05) is 46.9 Å². The number of ether oxygens (including phenoxy) is 1. The Hall–Kier alpha value is -2.05. The summed E-state index contributed by atoms with van der Waals surface area (Å²) >= 11 is 17.8. The Morgan fingerprint density at radius 3 is 2.59 bits per heavy atom. The van der Waals surface area contributed by atoms with E-state index in [2.05, 4.69) is 10.4 Å². The zero-order valence-corrected chi connectivity index (χ0v) is 16.2. The number of benzene rings is 2. The lowest BCUT2D eigenvalue weighted by Crippen LogP contribution is -2.22. The van der Waals surface area contributed by atoms with Crippen LogP contribution in [0.4, 0.5) is 5.69 Å². The summed E-state index contributed by atoms with van der Waals surface area (Å²) in [7, 11) is 0. The number of hydrogen-bond donors (Lipinski definition) is 1. The van der Waals surface area contributed by atoms with E-state index >= 15 is 0 Å². The summed E-state index contributed by atoms with van der Waals surface area (Å²) in [6.07, 6.45) is -0.138. The highest BCUT2D eigenvalue weighted by Gasteiger charge is 2.24. The molecule has 0 radical (unpaired) electrons. The molecule has 0 aliphatic carbocycles. The number of carbonyl (C=O) groups excluding carboxylic acids is 1. The minimum atomic E-state index is -0.321. The molecule has 1 atom stereocenters. The SMILES string of the molecule is O=C(Nc1ccc(Cl)c(Cl)c1)c1cc2n(n1)C[C@@H](c1ccc(Cl)cc1)OC2. The summed E-state index contributed by atoms with van der Waals surface area (Å²) in [5.74, 6) is -0.321. The van der Waals surface area contributed by atoms with Gasteiger partial charge in [0.2, 0.25) is 0 Å². The Morgan fingerprint density at radius 2 is 1.85 bits per heavy atom. The van der Waals surface area contributed by atoms with Gasteiger partial charge in [0.25, 0.3) is 5.91 Å². The third-order valence-electron chi connectivity index (χ3n) is 4.29. The van der Waals surface area contributed by atoms with Crippen LogP contribution in [0.1, 0.15) is 27.8 Å². The first-order valence-electron chi connectivity index (χ1n) is 8.20. The molecule has 4 rings (SSSR count). The van der Waals surface area contributed by atoms with Crippen LogP contribution in [0.3, 0.4) is 0 Å². The lowest BCUT2D eigenvalue weighted by Gasteiger charge is -2.24. The molecule has 2 heterocycles. The molecule has 0 saturated heterocycles. The predicted molar refractivity (Wildman–Crippen MR) is 106 cm³/mol. The van der Waals surface area contributed by atoms with Crippen molar-refractivity contribution in [3.05, 3.63) is 80.6 Å². The van der Waals surface area contributed by atoms with E-state index in [1.165, 1.54) is 0 Å². The van der Waals surface area contributed by atoms with Crippen molar-refractivity contribution in [2.45, 2.75) is 19.3 Å². The van der Waals surface area contributed by atoms with E-state index in [4.69, 9.17) is 39.5 Å². The van der Waals surface area contributed by atoms with E-state index in [-0.39, 0.29) is 12.0 Å². The molecule has 1 aliphatic heterocycles. The molecule has 2 aromatic carbocycles. The van der Waals surface area contributed by atoms with E-state index in [9.17, 15) is 4.79 Å². The Balaban J connectivity index is 1.50. The van der Waals surface area contributed by atoms with Crippen LogP contribution in [0.15, 0.2) is 48.5 Å². The van der Waals surface area contributed by atoms with Crippen LogP contribution in [0.5, 0.6) is 0 Å². The maximum Gasteiger partial charge on any atom is 0.276 e. The van der Waals surface area contributed by atoms with Crippen LogP contribution in [0.2, 0.25) is 15.1 Å². The van der Waals surface area contributed by atoms with E-state index in [0.29, 0.717) is 39.6 Å². The van der Waals surface area contributed by atoms with Crippen LogP contribution in [0.25, 0.3) is 0 Å². The maximum atomic E-state index is 12.5. The quantitative estimate of drug-likeness (QED) is 0.617. The van der Waals surface area contributed by atoms with Crippen LogP contribution in [-0.2, 0) is 17.9 Å². The molecule has 0 spiro atoms. The van der Waals surface area contributed by atoms with Crippen molar-refractivity contribution < 1.29 is 9.53 Å². The zero-order chi connectivity index (χ0) is 19.0. The fourth-order valence-electron chi connectivity index (χ4n) is 2.88. The first-order chi connectivity index (χ1) is 13.0. The van der Waals surface area contributed by atoms with Gasteiger partial charge in [-0.15, -0.1) is 0 Å². The second-order valence-corrected chi connectivity index (χ2v) is 7.39. The van der Waals surface area contributed by atoms with E-state index < -0.39 is 0 Å². The molecule has 1 amide bonds. The summed E-state index contributed by atoms with van der Waals surface area (Å²) in [6.45, 7) is 0.900. The zero-order valence-electron chi connectivity index (χ0n) is 14.0. The van der Waals surface area contributed by atoms with Crippen molar-refractivity contribution in [1.82, 2.24) is 9.78 Å². The highest BCUT2D eigenvalue weighted by molar-refractivity contribution is 6.42. The fraction of sp³-hybridized carbons (Fsp3) is 0.158. The predicted octanol–water partition coefficient (Wildman–Crippen LogP) is 5.37. The second-order valence-electron chi connectivity index (χ2n) is 6.14. The molecule has 3 aromatic rings. The van der Waals surface area contributed by atoms with Crippen LogP contribution < -0.4 is 5.32 Å². The number of aromatic nitrogens is 2. The first kappa shape index (κ1) is 18.3. The van der Waals surface area contributed by atoms with Gasteiger partial charge >= 0.3 is 0 Å². The van der Waals surface area contributed by atoms with Gasteiger partial charge in [-0.2, -0.15) is 5.10 Å². The van der Waals surface area contributed by atoms with Gasteiger partial charge in [0.15, 0.2) is 5.69 Å². The summed E-state index contributed by atoms with van der Waals surface area (Å²) in [5.41, 5.74) is 2.73. The minimum absolute atomic E-state index is 0.138. The summed E-state index contributed by atoms with van der Waals surface area (Å²) in [5, 5.41) is 8.67. The lowest BCUT2D eigenvalue weighted by atomic mass is 10.1. The molecule has 5 nitrogen and oxygen atoms in total. The Labute approximate surface area is 170 Å². The highest BCUT2D eigenvalue weighted by atomic mass is 35.5. The van der Waals surface area contributed by atoms with Crippen LogP contribution >= 0.6 is 34.8 Å². The van der Waals surface area contributed by atoms with Crippen molar-refractivity contribution in [3.8, 4) is 0 Å². The standard InChI is InChI=1S/C19H14Cl3N3O2/c20-12-3-1-11(2-4-12)18-9-25-14(10-27-18)8-17(24-25)19(26)23-13-5-6-15(21)16(22)7-13/h1-8,18H,9-10H2,(H,23,26)/t18-/m0/s1. The van der Waals surface area contributed by atoms with Crippen LogP contribution in [0, 0.1) is 0 Å². The molecule has 0 fully saturated rings. The molecule has 138 valence electrons. The second kappa shape index (κ2) is 7.52. The van der Waals surface area contributed by atoms with Gasteiger partial charge in [-0.05, 0) is 42.0 Å². The molecule has 1 aromatic heterocycles. The van der Waals surface area contributed by atoms with Crippen molar-refractivity contribution in [2.75, 3.05) is 5.32 Å². The molecule has 0 saturated carbocycles. The molecule has 0 bridgehead atoms. The number of nitrogens with one attached hydrogen (secondary N) is 1. The Morgan fingerprint density at radius 1 is 1.07 bits per heavy atom. The lowest BCUT2D eigenvalue weighted by molar-refractivity contribution is -0.00118. The van der Waals surface area contributed by atoms with Gasteiger partial charge in [0.1, 0.15) is 6.10 Å². The van der Waals surface area contributed by atoms with Crippen molar-refractivity contribution in [1.29, 1.82) is 0 Å². The maximum absolute atomic E-state index is 12.5. The number of anilines is 1. The topological polar surface area (TPSA) is 56.2 Å². The van der Waals surface area contributed by atoms with E-state index in [0.717, 1.165) is 11.3 Å². The average Bonchev–Trinajstić information content (AvgIpc) is 3.09. The van der Waals surface area contributed by atoms with Crippen molar-refractivity contribution in [3.63, 3.8) is 0 Å². The smallest absolute Gasteiger partial charge is 0.276 e. The number of carbonyl (C=O) groups is 1. The first-order valence-corrected chi connectivity index (χ1v) is 9.33. The van der Waals surface area contributed by atoms with Gasteiger partial charge in [-0.25, -0.2) is 0 Å². The number of fused-ring (bicyclic) bond motifs is 1. The largest absolute Gasteiger partial charge is 0.365 e. The van der Waals surface area contributed by atoms with E-state index in [1.54, 1.807) is 28.9 Å². The van der Waals surface area contributed by atoms with Gasteiger partial charge < -0.3 is 10.1 Å². The Kier molecular flexibility index (Phi) is 5.10. The van der Waals surface area contributed by atoms with Crippen molar-refractivity contribution in [2.24, 2.45) is 0 Å². The van der Waals surface area contributed by atoms with E-state index in [1.807, 2.05) is 24.3 Å². The van der Waals surface area contributed by atoms with Crippen LogP contribution in [-0.4, -0.2) is 15.7 Å². The molecular formula is C19H14Cl3N3O2. The van der Waals surface area contributed by atoms with Gasteiger partial charge in [-0.3, -0.25) is 9.48 Å². The van der Waals surface area contributed by atoms with Crippen molar-refractivity contribution >= 4 is 46.4 Å². The molecule has 8 heteroatoms.